The zero-order valence-corrected chi connectivity index (χ0v) is 19.4. The van der Waals surface area contributed by atoms with E-state index in [0.717, 1.165) is 62.7 Å². The number of hydrogen-bond acceptors (Lipinski definition) is 2. The number of benzene rings is 1. The number of nitrogens with one attached hydrogen (secondary N) is 2. The van der Waals surface area contributed by atoms with Crippen LogP contribution in [0.25, 0.3) is 0 Å². The number of rotatable bonds is 13. The molecule has 4 nitrogen and oxygen atoms in total. The highest BCUT2D eigenvalue weighted by molar-refractivity contribution is 5.96. The molecule has 29 heavy (non-hydrogen) atoms. The molecule has 0 bridgehead atoms. The molecule has 164 valence electrons. The molecular formula is C25H42N2O2. The molecule has 0 aliphatic rings. The van der Waals surface area contributed by atoms with Gasteiger partial charge in [0.05, 0.1) is 0 Å². The molecule has 0 aromatic heterocycles. The van der Waals surface area contributed by atoms with Gasteiger partial charge >= 0.3 is 0 Å². The summed E-state index contributed by atoms with van der Waals surface area (Å²) in [5.41, 5.74) is 2.75. The number of anilines is 2. The van der Waals surface area contributed by atoms with Gasteiger partial charge in [0.2, 0.25) is 11.8 Å². The SMILES string of the molecule is CCCC(CC)C(=O)Nc1cc(NC(=O)C(CC)CCC)cc(C(CC)CC)c1. The summed E-state index contributed by atoms with van der Waals surface area (Å²) in [5.74, 6) is 0.627. The van der Waals surface area contributed by atoms with Crippen molar-refractivity contribution in [1.82, 2.24) is 0 Å². The van der Waals surface area contributed by atoms with Gasteiger partial charge in [-0.3, -0.25) is 9.59 Å². The quantitative estimate of drug-likeness (QED) is 0.369. The molecule has 2 unspecified atom stereocenters. The van der Waals surface area contributed by atoms with E-state index in [0.29, 0.717) is 5.92 Å². The summed E-state index contributed by atoms with van der Waals surface area (Å²) < 4.78 is 0. The van der Waals surface area contributed by atoms with Crippen LogP contribution in [0, 0.1) is 11.8 Å². The Morgan fingerprint density at radius 2 is 1.10 bits per heavy atom. The van der Waals surface area contributed by atoms with E-state index in [1.807, 2.05) is 6.07 Å². The maximum absolute atomic E-state index is 12.7. The molecule has 0 heterocycles. The molecule has 2 amide bonds. The summed E-state index contributed by atoms with van der Waals surface area (Å²) in [4.78, 5) is 25.5. The van der Waals surface area contributed by atoms with Crippen LogP contribution in [0.1, 0.15) is 104 Å². The predicted octanol–water partition coefficient (Wildman–Crippen LogP) is 7.12. The van der Waals surface area contributed by atoms with Crippen LogP contribution in [0.15, 0.2) is 18.2 Å². The number of hydrogen-bond donors (Lipinski definition) is 2. The van der Waals surface area contributed by atoms with E-state index in [1.165, 1.54) is 5.56 Å². The van der Waals surface area contributed by atoms with Crippen molar-refractivity contribution in [3.05, 3.63) is 23.8 Å². The van der Waals surface area contributed by atoms with Crippen LogP contribution in [0.2, 0.25) is 0 Å². The van der Waals surface area contributed by atoms with Crippen LogP contribution in [0.5, 0.6) is 0 Å². The summed E-state index contributed by atoms with van der Waals surface area (Å²) in [6, 6.07) is 6.06. The van der Waals surface area contributed by atoms with Crippen molar-refractivity contribution in [2.24, 2.45) is 11.8 Å². The molecule has 0 saturated heterocycles. The minimum absolute atomic E-state index is 0.0314. The van der Waals surface area contributed by atoms with Crippen molar-refractivity contribution in [2.45, 2.75) is 98.8 Å². The summed E-state index contributed by atoms with van der Waals surface area (Å²) in [6.45, 7) is 12.7. The first-order valence-electron chi connectivity index (χ1n) is 11.7. The Balaban J connectivity index is 3.15. The minimum atomic E-state index is 0.0314. The van der Waals surface area contributed by atoms with Gasteiger partial charge in [0.25, 0.3) is 0 Å². The second kappa shape index (κ2) is 13.4. The van der Waals surface area contributed by atoms with Gasteiger partial charge in [-0.05, 0) is 68.2 Å². The van der Waals surface area contributed by atoms with Crippen LogP contribution < -0.4 is 10.6 Å². The van der Waals surface area contributed by atoms with E-state index in [4.69, 9.17) is 0 Å². The Labute approximate surface area is 178 Å². The molecule has 0 spiro atoms. The number of amides is 2. The van der Waals surface area contributed by atoms with Gasteiger partial charge in [0.15, 0.2) is 0 Å². The maximum atomic E-state index is 12.7. The monoisotopic (exact) mass is 402 g/mol. The lowest BCUT2D eigenvalue weighted by atomic mass is 9.92. The van der Waals surface area contributed by atoms with Crippen LogP contribution in [-0.4, -0.2) is 11.8 Å². The van der Waals surface area contributed by atoms with E-state index in [-0.39, 0.29) is 23.7 Å². The predicted molar refractivity (Wildman–Crippen MR) is 124 cm³/mol. The zero-order chi connectivity index (χ0) is 21.8. The van der Waals surface area contributed by atoms with Gasteiger partial charge in [0, 0.05) is 23.2 Å². The minimum Gasteiger partial charge on any atom is -0.326 e. The molecule has 0 fully saturated rings. The Bertz CT molecular complexity index is 591. The highest BCUT2D eigenvalue weighted by Gasteiger charge is 2.19. The van der Waals surface area contributed by atoms with Crippen LogP contribution in [0.4, 0.5) is 11.4 Å². The van der Waals surface area contributed by atoms with Crippen molar-refractivity contribution in [1.29, 1.82) is 0 Å². The van der Waals surface area contributed by atoms with Crippen molar-refractivity contribution in [3.8, 4) is 0 Å². The topological polar surface area (TPSA) is 58.2 Å². The van der Waals surface area contributed by atoms with E-state index >= 15 is 0 Å². The van der Waals surface area contributed by atoms with Gasteiger partial charge < -0.3 is 10.6 Å². The summed E-state index contributed by atoms with van der Waals surface area (Å²) in [6.07, 6.45) is 7.52. The van der Waals surface area contributed by atoms with E-state index in [9.17, 15) is 9.59 Å². The van der Waals surface area contributed by atoms with Crippen molar-refractivity contribution in [3.63, 3.8) is 0 Å². The molecule has 2 atom stereocenters. The average Bonchev–Trinajstić information content (AvgIpc) is 2.70. The van der Waals surface area contributed by atoms with Gasteiger partial charge in [-0.1, -0.05) is 54.4 Å². The second-order valence-electron chi connectivity index (χ2n) is 8.12. The first-order valence-corrected chi connectivity index (χ1v) is 11.7. The Kier molecular flexibility index (Phi) is 11.6. The van der Waals surface area contributed by atoms with Gasteiger partial charge in [-0.15, -0.1) is 0 Å². The second-order valence-corrected chi connectivity index (χ2v) is 8.12. The largest absolute Gasteiger partial charge is 0.326 e. The molecular weight excluding hydrogens is 360 g/mol. The fraction of sp³-hybridized carbons (Fsp3) is 0.680. The summed E-state index contributed by atoms with van der Waals surface area (Å²) >= 11 is 0. The fourth-order valence-electron chi connectivity index (χ4n) is 4.02. The molecule has 0 saturated carbocycles. The van der Waals surface area contributed by atoms with Crippen molar-refractivity contribution < 1.29 is 9.59 Å². The molecule has 4 heteroatoms. The third-order valence-electron chi connectivity index (χ3n) is 5.95. The lowest BCUT2D eigenvalue weighted by Gasteiger charge is -2.20. The summed E-state index contributed by atoms with van der Waals surface area (Å²) in [5, 5.41) is 6.23. The Morgan fingerprint density at radius 3 is 1.41 bits per heavy atom. The molecule has 0 aliphatic carbocycles. The summed E-state index contributed by atoms with van der Waals surface area (Å²) in [7, 11) is 0. The lowest BCUT2D eigenvalue weighted by Crippen LogP contribution is -2.24. The van der Waals surface area contributed by atoms with Crippen LogP contribution in [-0.2, 0) is 9.59 Å². The molecule has 0 aliphatic heterocycles. The Morgan fingerprint density at radius 1 is 0.690 bits per heavy atom. The molecule has 2 N–H and O–H groups in total. The molecule has 1 aromatic carbocycles. The molecule has 1 aromatic rings. The molecule has 1 rings (SSSR count). The number of carbonyl (C=O) groups is 2. The van der Waals surface area contributed by atoms with E-state index in [1.54, 1.807) is 0 Å². The van der Waals surface area contributed by atoms with E-state index in [2.05, 4.69) is 64.3 Å². The first-order chi connectivity index (χ1) is 13.9. The highest BCUT2D eigenvalue weighted by atomic mass is 16.2. The smallest absolute Gasteiger partial charge is 0.227 e. The van der Waals surface area contributed by atoms with Crippen molar-refractivity contribution >= 4 is 23.2 Å². The zero-order valence-electron chi connectivity index (χ0n) is 19.4. The standard InChI is InChI=1S/C25H42N2O2/c1-7-13-19(11-5)24(28)26-22-15-21(18(9-3)10-4)16-23(17-22)27-25(29)20(12-6)14-8-2/h15-20H,7-14H2,1-6H3,(H,26,28)(H,27,29). The van der Waals surface area contributed by atoms with Gasteiger partial charge in [0.1, 0.15) is 0 Å². The van der Waals surface area contributed by atoms with Crippen molar-refractivity contribution in [2.75, 3.05) is 10.6 Å². The first kappa shape index (κ1) is 25.2. The third-order valence-corrected chi connectivity index (χ3v) is 5.95. The van der Waals surface area contributed by atoms with Gasteiger partial charge in [-0.25, -0.2) is 0 Å². The maximum Gasteiger partial charge on any atom is 0.227 e. The van der Waals surface area contributed by atoms with Crippen LogP contribution >= 0.6 is 0 Å². The normalized spacial score (nSPS) is 13.2. The lowest BCUT2D eigenvalue weighted by molar-refractivity contribution is -0.120. The fourth-order valence-corrected chi connectivity index (χ4v) is 4.02. The third kappa shape index (κ3) is 7.83. The van der Waals surface area contributed by atoms with E-state index < -0.39 is 0 Å². The Hall–Kier alpha value is -1.84. The van der Waals surface area contributed by atoms with Gasteiger partial charge in [-0.2, -0.15) is 0 Å². The van der Waals surface area contributed by atoms with Crippen LogP contribution in [0.3, 0.4) is 0 Å². The molecule has 0 radical (unpaired) electrons. The highest BCUT2D eigenvalue weighted by Crippen LogP contribution is 2.30. The average molecular weight is 403 g/mol. The number of carbonyl (C=O) groups excluding carboxylic acids is 2.